The van der Waals surface area contributed by atoms with Crippen LogP contribution in [0.25, 0.3) is 0 Å². The van der Waals surface area contributed by atoms with E-state index in [4.69, 9.17) is 0 Å². The van der Waals surface area contributed by atoms with Crippen molar-refractivity contribution in [2.45, 2.75) is 26.4 Å². The third-order valence-electron chi connectivity index (χ3n) is 5.05. The predicted molar refractivity (Wildman–Crippen MR) is 117 cm³/mol. The zero-order valence-corrected chi connectivity index (χ0v) is 17.8. The van der Waals surface area contributed by atoms with Crippen molar-refractivity contribution < 1.29 is 9.59 Å². The highest BCUT2D eigenvalue weighted by molar-refractivity contribution is 7.14. The lowest BCUT2D eigenvalue weighted by Gasteiger charge is -2.34. The molecule has 1 aromatic heterocycles. The number of rotatable bonds is 9. The van der Waals surface area contributed by atoms with E-state index in [1.54, 1.807) is 0 Å². The lowest BCUT2D eigenvalue weighted by Crippen LogP contribution is -2.46. The van der Waals surface area contributed by atoms with Crippen LogP contribution in [0, 0.1) is 0 Å². The van der Waals surface area contributed by atoms with Crippen molar-refractivity contribution in [3.05, 3.63) is 57.8 Å². The minimum Gasteiger partial charge on any atom is -0.351 e. The van der Waals surface area contributed by atoms with E-state index in [2.05, 4.69) is 50.8 Å². The van der Waals surface area contributed by atoms with Crippen molar-refractivity contribution in [2.75, 3.05) is 39.3 Å². The van der Waals surface area contributed by atoms with Gasteiger partial charge in [-0.25, -0.2) is 0 Å². The SMILES string of the molecule is CC(=O)NCc1ccc(C(=O)NCCCN2CCN(Cc3ccccc3)CC2)s1. The Morgan fingerprint density at radius 1 is 0.966 bits per heavy atom. The van der Waals surface area contributed by atoms with Crippen molar-refractivity contribution >= 4 is 23.2 Å². The van der Waals surface area contributed by atoms with Crippen LogP contribution in [-0.2, 0) is 17.9 Å². The maximum Gasteiger partial charge on any atom is 0.261 e. The van der Waals surface area contributed by atoms with Gasteiger partial charge in [-0.15, -0.1) is 11.3 Å². The van der Waals surface area contributed by atoms with Crippen LogP contribution in [0.2, 0.25) is 0 Å². The lowest BCUT2D eigenvalue weighted by molar-refractivity contribution is -0.119. The van der Waals surface area contributed by atoms with Crippen molar-refractivity contribution in [1.29, 1.82) is 0 Å². The van der Waals surface area contributed by atoms with Gasteiger partial charge in [-0.05, 0) is 30.7 Å². The number of nitrogens with zero attached hydrogens (tertiary/aromatic N) is 2. The average molecular weight is 415 g/mol. The van der Waals surface area contributed by atoms with Gasteiger partial charge in [0, 0.05) is 51.1 Å². The maximum absolute atomic E-state index is 12.3. The van der Waals surface area contributed by atoms with E-state index in [9.17, 15) is 9.59 Å². The van der Waals surface area contributed by atoms with E-state index in [1.807, 2.05) is 12.1 Å². The Bertz CT molecular complexity index is 785. The third kappa shape index (κ3) is 7.27. The summed E-state index contributed by atoms with van der Waals surface area (Å²) in [7, 11) is 0. The minimum atomic E-state index is -0.0645. The van der Waals surface area contributed by atoms with E-state index < -0.39 is 0 Å². The number of hydrogen-bond acceptors (Lipinski definition) is 5. The van der Waals surface area contributed by atoms with Crippen LogP contribution in [0.1, 0.15) is 33.5 Å². The molecular weight excluding hydrogens is 384 g/mol. The number of amides is 2. The molecule has 7 heteroatoms. The molecule has 6 nitrogen and oxygen atoms in total. The second-order valence-electron chi connectivity index (χ2n) is 7.39. The first-order valence-corrected chi connectivity index (χ1v) is 11.0. The van der Waals surface area contributed by atoms with Crippen molar-refractivity contribution in [3.8, 4) is 0 Å². The van der Waals surface area contributed by atoms with E-state index in [-0.39, 0.29) is 11.8 Å². The van der Waals surface area contributed by atoms with Crippen molar-refractivity contribution in [2.24, 2.45) is 0 Å². The van der Waals surface area contributed by atoms with Gasteiger partial charge in [-0.1, -0.05) is 30.3 Å². The fourth-order valence-electron chi connectivity index (χ4n) is 3.41. The second kappa shape index (κ2) is 11.1. The largest absolute Gasteiger partial charge is 0.351 e. The van der Waals surface area contributed by atoms with Gasteiger partial charge in [0.2, 0.25) is 5.91 Å². The standard InChI is InChI=1S/C22H30N4O2S/c1-18(27)24-16-20-8-9-21(29-20)22(28)23-10-5-11-25-12-14-26(15-13-25)17-19-6-3-2-4-7-19/h2-4,6-9H,5,10-17H2,1H3,(H,23,28)(H,24,27). The molecule has 0 bridgehead atoms. The summed E-state index contributed by atoms with van der Waals surface area (Å²) >= 11 is 1.43. The van der Waals surface area contributed by atoms with Gasteiger partial charge >= 0.3 is 0 Å². The average Bonchev–Trinajstić information content (AvgIpc) is 3.21. The first-order chi connectivity index (χ1) is 14.1. The molecule has 29 heavy (non-hydrogen) atoms. The van der Waals surface area contributed by atoms with Gasteiger partial charge in [0.1, 0.15) is 0 Å². The number of piperazine rings is 1. The molecule has 0 spiro atoms. The highest BCUT2D eigenvalue weighted by Crippen LogP contribution is 2.16. The van der Waals surface area contributed by atoms with Crippen LogP contribution in [0.5, 0.6) is 0 Å². The molecule has 0 unspecified atom stereocenters. The van der Waals surface area contributed by atoms with E-state index in [1.165, 1.54) is 23.8 Å². The number of benzene rings is 1. The summed E-state index contributed by atoms with van der Waals surface area (Å²) in [4.78, 5) is 29.9. The van der Waals surface area contributed by atoms with E-state index in [0.717, 1.165) is 50.6 Å². The summed E-state index contributed by atoms with van der Waals surface area (Å²) < 4.78 is 0. The van der Waals surface area contributed by atoms with Crippen LogP contribution in [0.4, 0.5) is 0 Å². The molecule has 0 atom stereocenters. The van der Waals surface area contributed by atoms with Crippen molar-refractivity contribution in [3.63, 3.8) is 0 Å². The summed E-state index contributed by atoms with van der Waals surface area (Å²) in [6.45, 7) is 9.03. The lowest BCUT2D eigenvalue weighted by atomic mass is 10.2. The molecule has 3 rings (SSSR count). The Hall–Kier alpha value is -2.22. The molecule has 1 aliphatic rings. The monoisotopic (exact) mass is 414 g/mol. The zero-order chi connectivity index (χ0) is 20.5. The van der Waals surface area contributed by atoms with Crippen LogP contribution in [-0.4, -0.2) is 60.9 Å². The number of carbonyl (C=O) groups is 2. The van der Waals surface area contributed by atoms with Crippen LogP contribution >= 0.6 is 11.3 Å². The fourth-order valence-corrected chi connectivity index (χ4v) is 4.27. The van der Waals surface area contributed by atoms with Gasteiger partial charge in [0.15, 0.2) is 0 Å². The van der Waals surface area contributed by atoms with Crippen LogP contribution in [0.3, 0.4) is 0 Å². The topological polar surface area (TPSA) is 64.7 Å². The van der Waals surface area contributed by atoms with E-state index in [0.29, 0.717) is 18.0 Å². The second-order valence-corrected chi connectivity index (χ2v) is 8.56. The molecule has 156 valence electrons. The molecule has 0 radical (unpaired) electrons. The van der Waals surface area contributed by atoms with Gasteiger partial charge in [-0.2, -0.15) is 0 Å². The smallest absolute Gasteiger partial charge is 0.261 e. The number of thiophene rings is 1. The Labute approximate surface area is 176 Å². The first kappa shape index (κ1) is 21.5. The van der Waals surface area contributed by atoms with Gasteiger partial charge in [0.25, 0.3) is 5.91 Å². The summed E-state index contributed by atoms with van der Waals surface area (Å²) in [6.07, 6.45) is 0.953. The number of nitrogens with one attached hydrogen (secondary N) is 2. The van der Waals surface area contributed by atoms with Crippen molar-refractivity contribution in [1.82, 2.24) is 20.4 Å². The fraction of sp³-hybridized carbons (Fsp3) is 0.455. The quantitative estimate of drug-likeness (QED) is 0.618. The minimum absolute atomic E-state index is 0.0308. The zero-order valence-electron chi connectivity index (χ0n) is 17.0. The molecule has 2 N–H and O–H groups in total. The predicted octanol–water partition coefficient (Wildman–Crippen LogP) is 2.32. The number of hydrogen-bond donors (Lipinski definition) is 2. The molecule has 0 aliphatic carbocycles. The normalized spacial score (nSPS) is 15.2. The summed E-state index contributed by atoms with van der Waals surface area (Å²) in [5.74, 6) is -0.0953. The third-order valence-corrected chi connectivity index (χ3v) is 6.13. The Morgan fingerprint density at radius 2 is 1.69 bits per heavy atom. The Kier molecular flexibility index (Phi) is 8.22. The molecule has 2 amide bonds. The van der Waals surface area contributed by atoms with Gasteiger partial charge < -0.3 is 15.5 Å². The van der Waals surface area contributed by atoms with Gasteiger partial charge in [-0.3, -0.25) is 14.5 Å². The molecule has 0 saturated carbocycles. The Balaban J connectivity index is 1.29. The van der Waals surface area contributed by atoms with Crippen LogP contribution < -0.4 is 10.6 Å². The molecule has 1 aromatic carbocycles. The molecule has 1 aliphatic heterocycles. The summed E-state index contributed by atoms with van der Waals surface area (Å²) in [5, 5.41) is 5.76. The first-order valence-electron chi connectivity index (χ1n) is 10.2. The highest BCUT2D eigenvalue weighted by atomic mass is 32.1. The molecule has 1 saturated heterocycles. The molecular formula is C22H30N4O2S. The molecule has 2 aromatic rings. The summed E-state index contributed by atoms with van der Waals surface area (Å²) in [6, 6.07) is 14.3. The highest BCUT2D eigenvalue weighted by Gasteiger charge is 2.16. The Morgan fingerprint density at radius 3 is 2.41 bits per heavy atom. The number of carbonyl (C=O) groups excluding carboxylic acids is 2. The molecule has 1 fully saturated rings. The van der Waals surface area contributed by atoms with Gasteiger partial charge in [0.05, 0.1) is 11.4 Å². The maximum atomic E-state index is 12.3. The molecule has 2 heterocycles. The van der Waals surface area contributed by atoms with Crippen LogP contribution in [0.15, 0.2) is 42.5 Å². The summed E-state index contributed by atoms with van der Waals surface area (Å²) in [5.41, 5.74) is 1.37. The van der Waals surface area contributed by atoms with E-state index >= 15 is 0 Å².